The Hall–Kier alpha value is -0.160. The molecule has 4 heteroatoms. The van der Waals surface area contributed by atoms with Gasteiger partial charge in [-0.25, -0.2) is 0 Å². The molecule has 0 spiro atoms. The van der Waals surface area contributed by atoms with Gasteiger partial charge in [0.15, 0.2) is 0 Å². The van der Waals surface area contributed by atoms with Crippen LogP contribution in [-0.2, 0) is 4.74 Å². The monoisotopic (exact) mass is 261 g/mol. The Labute approximate surface area is 112 Å². The molecule has 2 atom stereocenters. The first-order chi connectivity index (χ1) is 8.35. The molecule has 18 heavy (non-hydrogen) atoms. The molecule has 0 aliphatic carbocycles. The van der Waals surface area contributed by atoms with E-state index >= 15 is 0 Å². The Morgan fingerprint density at radius 3 is 2.28 bits per heavy atom. The summed E-state index contributed by atoms with van der Waals surface area (Å²) in [6, 6.07) is 0. The van der Waals surface area contributed by atoms with E-state index in [4.69, 9.17) is 4.74 Å². The van der Waals surface area contributed by atoms with Gasteiger partial charge in [-0.1, -0.05) is 34.1 Å². The molecule has 4 nitrogen and oxygen atoms in total. The summed E-state index contributed by atoms with van der Waals surface area (Å²) >= 11 is 0. The molecule has 0 amide bonds. The minimum Gasteiger partial charge on any atom is -0.392 e. The van der Waals surface area contributed by atoms with E-state index in [0.717, 1.165) is 19.3 Å². The molecule has 0 saturated carbocycles. The van der Waals surface area contributed by atoms with Crippen molar-refractivity contribution in [2.24, 2.45) is 5.41 Å². The molecule has 0 aliphatic heterocycles. The van der Waals surface area contributed by atoms with Crippen molar-refractivity contribution in [1.82, 2.24) is 5.32 Å². The van der Waals surface area contributed by atoms with Gasteiger partial charge in [0.25, 0.3) is 0 Å². The smallest absolute Gasteiger partial charge is 0.0897 e. The van der Waals surface area contributed by atoms with Crippen LogP contribution in [0.2, 0.25) is 0 Å². The summed E-state index contributed by atoms with van der Waals surface area (Å²) in [5.41, 5.74) is 0.128. The minimum absolute atomic E-state index is 0.128. The van der Waals surface area contributed by atoms with Crippen molar-refractivity contribution in [2.75, 3.05) is 26.3 Å². The normalized spacial score (nSPS) is 15.7. The lowest BCUT2D eigenvalue weighted by atomic mass is 9.89. The molecule has 0 aromatic rings. The molecule has 110 valence electrons. The van der Waals surface area contributed by atoms with Crippen molar-refractivity contribution in [3.8, 4) is 0 Å². The second kappa shape index (κ2) is 9.73. The predicted molar refractivity (Wildman–Crippen MR) is 74.7 cm³/mol. The third kappa shape index (κ3) is 12.3. The zero-order chi connectivity index (χ0) is 14.0. The van der Waals surface area contributed by atoms with Crippen LogP contribution in [0.4, 0.5) is 0 Å². The molecular formula is C14H31NO3. The highest BCUT2D eigenvalue weighted by atomic mass is 16.5. The van der Waals surface area contributed by atoms with Crippen molar-refractivity contribution >= 4 is 0 Å². The van der Waals surface area contributed by atoms with E-state index < -0.39 is 6.10 Å². The number of ether oxygens (including phenoxy) is 1. The van der Waals surface area contributed by atoms with Gasteiger partial charge in [0, 0.05) is 19.7 Å². The van der Waals surface area contributed by atoms with E-state index in [0.29, 0.717) is 26.3 Å². The molecule has 3 N–H and O–H groups in total. The fourth-order valence-corrected chi connectivity index (χ4v) is 1.72. The van der Waals surface area contributed by atoms with Gasteiger partial charge in [-0.15, -0.1) is 0 Å². The van der Waals surface area contributed by atoms with Crippen LogP contribution in [0.15, 0.2) is 0 Å². The summed E-state index contributed by atoms with van der Waals surface area (Å²) in [6.45, 7) is 10.5. The molecule has 0 radical (unpaired) electrons. The maximum atomic E-state index is 9.77. The fourth-order valence-electron chi connectivity index (χ4n) is 1.72. The Morgan fingerprint density at radius 2 is 1.72 bits per heavy atom. The number of aliphatic hydroxyl groups is 2. The van der Waals surface area contributed by atoms with E-state index in [-0.39, 0.29) is 11.5 Å². The lowest BCUT2D eigenvalue weighted by Gasteiger charge is -2.23. The maximum absolute atomic E-state index is 9.77. The van der Waals surface area contributed by atoms with Crippen molar-refractivity contribution in [1.29, 1.82) is 0 Å². The summed E-state index contributed by atoms with van der Waals surface area (Å²) in [5, 5.41) is 22.5. The zero-order valence-corrected chi connectivity index (χ0v) is 12.4. The first-order valence-electron chi connectivity index (χ1n) is 6.99. The first kappa shape index (κ1) is 17.8. The second-order valence-electron chi connectivity index (χ2n) is 6.16. The van der Waals surface area contributed by atoms with Crippen molar-refractivity contribution in [2.45, 2.75) is 59.2 Å². The van der Waals surface area contributed by atoms with Crippen LogP contribution in [0.1, 0.15) is 47.0 Å². The summed E-state index contributed by atoms with van der Waals surface area (Å²) < 4.78 is 5.32. The lowest BCUT2D eigenvalue weighted by molar-refractivity contribution is 0.0332. The van der Waals surface area contributed by atoms with E-state index in [9.17, 15) is 10.2 Å². The molecule has 0 aromatic heterocycles. The third-order valence-corrected chi connectivity index (χ3v) is 2.56. The van der Waals surface area contributed by atoms with Crippen LogP contribution in [0.3, 0.4) is 0 Å². The largest absolute Gasteiger partial charge is 0.392 e. The van der Waals surface area contributed by atoms with Crippen molar-refractivity contribution in [3.63, 3.8) is 0 Å². The Balaban J connectivity index is 3.47. The molecular weight excluding hydrogens is 230 g/mol. The molecule has 0 rings (SSSR count). The number of hydrogen-bond donors (Lipinski definition) is 3. The maximum Gasteiger partial charge on any atom is 0.0897 e. The van der Waals surface area contributed by atoms with Gasteiger partial charge >= 0.3 is 0 Å². The highest BCUT2D eigenvalue weighted by Gasteiger charge is 2.16. The fraction of sp³-hybridized carbons (Fsp3) is 1.00. The zero-order valence-electron chi connectivity index (χ0n) is 12.4. The number of unbranched alkanes of at least 4 members (excludes halogenated alkanes) is 1. The van der Waals surface area contributed by atoms with E-state index in [1.165, 1.54) is 0 Å². The quantitative estimate of drug-likeness (QED) is 0.522. The van der Waals surface area contributed by atoms with Gasteiger partial charge in [-0.3, -0.25) is 0 Å². The van der Waals surface area contributed by atoms with Crippen molar-refractivity contribution in [3.05, 3.63) is 0 Å². The highest BCUT2D eigenvalue weighted by Crippen LogP contribution is 2.20. The van der Waals surface area contributed by atoms with Crippen LogP contribution in [0, 0.1) is 5.41 Å². The first-order valence-corrected chi connectivity index (χ1v) is 6.99. The van der Waals surface area contributed by atoms with E-state index in [1.54, 1.807) is 0 Å². The van der Waals surface area contributed by atoms with Crippen LogP contribution in [-0.4, -0.2) is 48.7 Å². The summed E-state index contributed by atoms with van der Waals surface area (Å²) in [7, 11) is 0. The Kier molecular flexibility index (Phi) is 9.64. The number of hydrogen-bond acceptors (Lipinski definition) is 4. The van der Waals surface area contributed by atoms with Gasteiger partial charge in [0.1, 0.15) is 0 Å². The van der Waals surface area contributed by atoms with Gasteiger partial charge in [0.05, 0.1) is 18.8 Å². The average Bonchev–Trinajstić information content (AvgIpc) is 2.22. The summed E-state index contributed by atoms with van der Waals surface area (Å²) in [5.74, 6) is 0. The van der Waals surface area contributed by atoms with Crippen LogP contribution < -0.4 is 5.32 Å². The number of nitrogens with one attached hydrogen (secondary N) is 1. The lowest BCUT2D eigenvalue weighted by Crippen LogP contribution is -2.36. The second-order valence-corrected chi connectivity index (χ2v) is 6.16. The molecule has 0 aliphatic rings. The molecule has 2 unspecified atom stereocenters. The van der Waals surface area contributed by atoms with E-state index in [1.807, 2.05) is 0 Å². The topological polar surface area (TPSA) is 61.7 Å². The molecule has 0 fully saturated rings. The molecule has 0 bridgehead atoms. The Bertz CT molecular complexity index is 192. The van der Waals surface area contributed by atoms with Crippen molar-refractivity contribution < 1.29 is 14.9 Å². The molecule has 0 aromatic carbocycles. The average molecular weight is 261 g/mol. The van der Waals surface area contributed by atoms with Crippen LogP contribution in [0.25, 0.3) is 0 Å². The summed E-state index contributed by atoms with van der Waals surface area (Å²) in [6.07, 6.45) is 2.03. The standard InChI is InChI=1S/C14H31NO3/c1-5-6-7-18-11-13(17)10-15-9-12(16)8-14(2,3)4/h12-13,15-17H,5-11H2,1-4H3. The number of rotatable bonds is 10. The predicted octanol–water partition coefficient (Wildman–Crippen LogP) is 1.55. The SMILES string of the molecule is CCCCOCC(O)CNCC(O)CC(C)(C)C. The minimum atomic E-state index is -0.497. The van der Waals surface area contributed by atoms with Gasteiger partial charge in [0.2, 0.25) is 0 Å². The molecule has 0 saturated heterocycles. The number of aliphatic hydroxyl groups excluding tert-OH is 2. The van der Waals surface area contributed by atoms with Crippen LogP contribution >= 0.6 is 0 Å². The highest BCUT2D eigenvalue weighted by molar-refractivity contribution is 4.70. The van der Waals surface area contributed by atoms with Gasteiger partial charge < -0.3 is 20.3 Å². The van der Waals surface area contributed by atoms with Crippen LogP contribution in [0.5, 0.6) is 0 Å². The van der Waals surface area contributed by atoms with E-state index in [2.05, 4.69) is 33.0 Å². The Morgan fingerprint density at radius 1 is 1.11 bits per heavy atom. The molecule has 0 heterocycles. The van der Waals surface area contributed by atoms with Gasteiger partial charge in [-0.2, -0.15) is 0 Å². The van der Waals surface area contributed by atoms with Gasteiger partial charge in [-0.05, 0) is 18.3 Å². The summed E-state index contributed by atoms with van der Waals surface area (Å²) in [4.78, 5) is 0. The third-order valence-electron chi connectivity index (χ3n) is 2.56.